The van der Waals surface area contributed by atoms with Crippen molar-refractivity contribution in [2.24, 2.45) is 5.41 Å². The Kier molecular flexibility index (Phi) is 4.29. The van der Waals surface area contributed by atoms with Crippen LogP contribution < -0.4 is 14.5 Å². The van der Waals surface area contributed by atoms with Crippen molar-refractivity contribution < 1.29 is 22.7 Å². The topological polar surface area (TPSA) is 48.9 Å². The normalized spacial score (nSPS) is 19.7. The van der Waals surface area contributed by atoms with E-state index in [0.29, 0.717) is 61.6 Å². The molecule has 3 aliphatic heterocycles. The molecule has 2 fully saturated rings. The fourth-order valence-corrected chi connectivity index (χ4v) is 4.49. The molecule has 1 aromatic carbocycles. The molecule has 1 spiro atoms. The molecule has 6 nitrogen and oxygen atoms in total. The summed E-state index contributed by atoms with van der Waals surface area (Å²) in [6.07, 6.45) is -3.53. The molecule has 3 aliphatic rings. The number of anilines is 2. The van der Waals surface area contributed by atoms with Gasteiger partial charge in [0.15, 0.2) is 0 Å². The van der Waals surface area contributed by atoms with Crippen molar-refractivity contribution in [1.29, 1.82) is 0 Å². The molecule has 10 heteroatoms. The Bertz CT molecular complexity index is 985. The maximum atomic E-state index is 13.0. The second-order valence-corrected chi connectivity index (χ2v) is 8.45. The van der Waals surface area contributed by atoms with Crippen molar-refractivity contribution in [3.05, 3.63) is 47.1 Å². The Labute approximate surface area is 175 Å². The predicted octanol–water partition coefficient (Wildman–Crippen LogP) is 3.89. The summed E-state index contributed by atoms with van der Waals surface area (Å²) < 4.78 is 43.6. The summed E-state index contributed by atoms with van der Waals surface area (Å²) >= 11 is 6.00. The number of benzene rings is 1. The summed E-state index contributed by atoms with van der Waals surface area (Å²) in [5.74, 6) is 1.12. The molecule has 1 aromatic heterocycles. The van der Waals surface area contributed by atoms with Gasteiger partial charge in [-0.1, -0.05) is 11.6 Å². The zero-order valence-corrected chi connectivity index (χ0v) is 16.6. The van der Waals surface area contributed by atoms with E-state index in [0.717, 1.165) is 12.3 Å². The van der Waals surface area contributed by atoms with Gasteiger partial charge in [0.2, 0.25) is 0 Å². The molecule has 2 aromatic rings. The van der Waals surface area contributed by atoms with Gasteiger partial charge in [0.1, 0.15) is 18.2 Å². The van der Waals surface area contributed by atoms with E-state index >= 15 is 0 Å². The molecule has 0 saturated carbocycles. The van der Waals surface area contributed by atoms with Crippen LogP contribution in [0.25, 0.3) is 0 Å². The van der Waals surface area contributed by atoms with Gasteiger partial charge in [0.05, 0.1) is 17.8 Å². The molecule has 0 unspecified atom stereocenters. The molecule has 0 N–H and O–H groups in total. The van der Waals surface area contributed by atoms with Crippen LogP contribution >= 0.6 is 11.6 Å². The van der Waals surface area contributed by atoms with E-state index in [9.17, 15) is 18.0 Å². The van der Waals surface area contributed by atoms with E-state index in [2.05, 4.69) is 4.98 Å². The lowest BCUT2D eigenvalue weighted by molar-refractivity contribution is -0.137. The first-order valence-corrected chi connectivity index (χ1v) is 9.89. The van der Waals surface area contributed by atoms with Crippen molar-refractivity contribution in [2.75, 3.05) is 49.1 Å². The number of carbonyl (C=O) groups is 1. The Hall–Kier alpha value is -2.68. The van der Waals surface area contributed by atoms with Gasteiger partial charge in [-0.3, -0.25) is 4.90 Å². The molecule has 2 saturated heterocycles. The van der Waals surface area contributed by atoms with Gasteiger partial charge in [0, 0.05) is 48.9 Å². The second kappa shape index (κ2) is 6.66. The average Bonchev–Trinajstić information content (AvgIpc) is 2.64. The number of rotatable bonds is 1. The van der Waals surface area contributed by atoms with Crippen LogP contribution in [0.5, 0.6) is 5.75 Å². The number of hydrogen-bond donors (Lipinski definition) is 0. The molecule has 5 rings (SSSR count). The Morgan fingerprint density at radius 1 is 1.13 bits per heavy atom. The van der Waals surface area contributed by atoms with Crippen LogP contribution in [0, 0.1) is 5.41 Å². The number of likely N-dealkylation sites (tertiary alicyclic amines) is 1. The van der Waals surface area contributed by atoms with E-state index in [1.807, 2.05) is 4.90 Å². The van der Waals surface area contributed by atoms with Gasteiger partial charge in [-0.05, 0) is 24.3 Å². The Balaban J connectivity index is 1.19. The number of aromatic nitrogens is 1. The maximum Gasteiger partial charge on any atom is 0.417 e. The number of halogens is 4. The summed E-state index contributed by atoms with van der Waals surface area (Å²) in [7, 11) is 0. The van der Waals surface area contributed by atoms with Gasteiger partial charge in [-0.25, -0.2) is 9.78 Å². The van der Waals surface area contributed by atoms with Gasteiger partial charge < -0.3 is 14.5 Å². The zero-order valence-electron chi connectivity index (χ0n) is 15.8. The lowest BCUT2D eigenvalue weighted by atomic mass is 9.73. The molecule has 0 aliphatic carbocycles. The van der Waals surface area contributed by atoms with Crippen LogP contribution in [-0.4, -0.2) is 55.2 Å². The molecule has 158 valence electrons. The number of alkyl halides is 3. The van der Waals surface area contributed by atoms with E-state index in [4.69, 9.17) is 16.3 Å². The minimum absolute atomic E-state index is 0.0187. The Morgan fingerprint density at radius 2 is 1.90 bits per heavy atom. The average molecular weight is 439 g/mol. The van der Waals surface area contributed by atoms with Crippen molar-refractivity contribution in [3.63, 3.8) is 0 Å². The van der Waals surface area contributed by atoms with Crippen LogP contribution in [-0.2, 0) is 6.18 Å². The number of pyridine rings is 1. The lowest BCUT2D eigenvalue weighted by Gasteiger charge is -2.60. The third kappa shape index (κ3) is 3.21. The molecular weight excluding hydrogens is 421 g/mol. The zero-order chi connectivity index (χ0) is 21.1. The molecule has 0 bridgehead atoms. The second-order valence-electron chi connectivity index (χ2n) is 8.01. The number of ether oxygens (including phenoxy) is 1. The molecule has 30 heavy (non-hydrogen) atoms. The van der Waals surface area contributed by atoms with Crippen molar-refractivity contribution in [2.45, 2.75) is 6.18 Å². The smallest absolute Gasteiger partial charge is 0.417 e. The molecule has 2 amide bonds. The number of fused-ring (bicyclic) bond motifs is 1. The van der Waals surface area contributed by atoms with Gasteiger partial charge in [0.25, 0.3) is 0 Å². The number of urea groups is 1. The fourth-order valence-electron chi connectivity index (χ4n) is 4.33. The van der Waals surface area contributed by atoms with Gasteiger partial charge in [-0.2, -0.15) is 13.2 Å². The van der Waals surface area contributed by atoms with Crippen molar-refractivity contribution in [3.8, 4) is 5.75 Å². The predicted molar refractivity (Wildman–Crippen MR) is 105 cm³/mol. The standard InChI is InChI=1S/C20H18ClF3N4O2/c21-14-2-3-15-16(7-14)30-6-5-28(15)18(29)27-11-19(12-27)9-26(10-19)17-4-1-13(8-25-17)20(22,23)24/h1-4,7-8H,5-6,9-12H2. The highest BCUT2D eigenvalue weighted by atomic mass is 35.5. The largest absolute Gasteiger partial charge is 0.489 e. The summed E-state index contributed by atoms with van der Waals surface area (Å²) in [5, 5.41) is 0.553. The summed E-state index contributed by atoms with van der Waals surface area (Å²) in [6, 6.07) is 7.59. The van der Waals surface area contributed by atoms with Gasteiger partial charge in [-0.15, -0.1) is 0 Å². The minimum Gasteiger partial charge on any atom is -0.489 e. The van der Waals surface area contributed by atoms with Crippen LogP contribution in [0.15, 0.2) is 36.5 Å². The van der Waals surface area contributed by atoms with Gasteiger partial charge >= 0.3 is 12.2 Å². The molecular formula is C20H18ClF3N4O2. The summed E-state index contributed by atoms with van der Waals surface area (Å²) in [4.78, 5) is 22.3. The number of carbonyl (C=O) groups excluding carboxylic acids is 1. The summed E-state index contributed by atoms with van der Waals surface area (Å²) in [6.45, 7) is 3.45. The summed E-state index contributed by atoms with van der Waals surface area (Å²) in [5.41, 5.74) is -0.0652. The molecule has 0 atom stereocenters. The van der Waals surface area contributed by atoms with Crippen molar-refractivity contribution >= 4 is 29.1 Å². The quantitative estimate of drug-likeness (QED) is 0.677. The Morgan fingerprint density at radius 3 is 2.57 bits per heavy atom. The van der Waals surface area contributed by atoms with E-state index in [1.165, 1.54) is 6.07 Å². The van der Waals surface area contributed by atoms with E-state index < -0.39 is 11.7 Å². The minimum atomic E-state index is -4.39. The number of amides is 2. The van der Waals surface area contributed by atoms with Crippen molar-refractivity contribution in [1.82, 2.24) is 9.88 Å². The van der Waals surface area contributed by atoms with Crippen LogP contribution in [0.3, 0.4) is 0 Å². The lowest BCUT2D eigenvalue weighted by Crippen LogP contribution is -2.74. The maximum absolute atomic E-state index is 13.0. The van der Waals surface area contributed by atoms with Crippen LogP contribution in [0.4, 0.5) is 29.5 Å². The first-order chi connectivity index (χ1) is 14.2. The monoisotopic (exact) mass is 438 g/mol. The van der Waals surface area contributed by atoms with Crippen LogP contribution in [0.1, 0.15) is 5.56 Å². The highest BCUT2D eigenvalue weighted by molar-refractivity contribution is 6.30. The molecule has 4 heterocycles. The first kappa shape index (κ1) is 19.3. The third-order valence-electron chi connectivity index (χ3n) is 5.79. The number of hydrogen-bond acceptors (Lipinski definition) is 4. The van der Waals surface area contributed by atoms with E-state index in [1.54, 1.807) is 28.0 Å². The highest BCUT2D eigenvalue weighted by Crippen LogP contribution is 2.43. The fraction of sp³-hybridized carbons (Fsp3) is 0.400. The number of nitrogens with zero attached hydrogens (tertiary/aromatic N) is 4. The molecule has 0 radical (unpaired) electrons. The highest BCUT2D eigenvalue weighted by Gasteiger charge is 2.54. The van der Waals surface area contributed by atoms with Crippen LogP contribution in [0.2, 0.25) is 5.02 Å². The third-order valence-corrected chi connectivity index (χ3v) is 6.03. The van der Waals surface area contributed by atoms with E-state index in [-0.39, 0.29) is 11.4 Å². The SMILES string of the molecule is O=C(N1CC2(C1)CN(c1ccc(C(F)(F)F)cn1)C2)N1CCOc2cc(Cl)ccc21. The first-order valence-electron chi connectivity index (χ1n) is 9.51.